The van der Waals surface area contributed by atoms with Crippen molar-refractivity contribution in [2.45, 2.75) is 25.4 Å². The molecule has 0 aromatic heterocycles. The molecule has 0 spiro atoms. The number of likely N-dealkylation sites (N-methyl/N-ethyl adjacent to an activating group) is 2. The monoisotopic (exact) mass is 312 g/mol. The lowest BCUT2D eigenvalue weighted by Gasteiger charge is -2.26. The first-order chi connectivity index (χ1) is 8.56. The summed E-state index contributed by atoms with van der Waals surface area (Å²) >= 11 is 3.54. The summed E-state index contributed by atoms with van der Waals surface area (Å²) in [6.07, 6.45) is 2.60. The maximum Gasteiger partial charge on any atom is 0.115 e. The van der Waals surface area contributed by atoms with Gasteiger partial charge in [-0.2, -0.15) is 0 Å². The maximum atomic E-state index is 9.53. The molecular weight excluding hydrogens is 292 g/mol. The van der Waals surface area contributed by atoms with Gasteiger partial charge in [0.05, 0.1) is 0 Å². The summed E-state index contributed by atoms with van der Waals surface area (Å²) in [5, 5.41) is 9.53. The second-order valence-electron chi connectivity index (χ2n) is 5.25. The van der Waals surface area contributed by atoms with Gasteiger partial charge >= 0.3 is 0 Å². The minimum atomic E-state index is 0.333. The first kappa shape index (κ1) is 13.8. The molecule has 0 amide bonds. The SMILES string of the molecule is CN(Cc1cc(O)ccc1Br)CC1CCCN1C. The Hall–Kier alpha value is -0.580. The molecule has 1 atom stereocenters. The van der Waals surface area contributed by atoms with Gasteiger partial charge in [-0.15, -0.1) is 0 Å². The van der Waals surface area contributed by atoms with Crippen LogP contribution in [0.5, 0.6) is 5.75 Å². The van der Waals surface area contributed by atoms with E-state index in [0.29, 0.717) is 11.8 Å². The molecule has 1 saturated heterocycles. The highest BCUT2D eigenvalue weighted by atomic mass is 79.9. The highest BCUT2D eigenvalue weighted by Crippen LogP contribution is 2.23. The number of benzene rings is 1. The van der Waals surface area contributed by atoms with Gasteiger partial charge in [-0.3, -0.25) is 0 Å². The molecular formula is C14H21BrN2O. The van der Waals surface area contributed by atoms with Crippen LogP contribution >= 0.6 is 15.9 Å². The van der Waals surface area contributed by atoms with Gasteiger partial charge in [0.2, 0.25) is 0 Å². The Morgan fingerprint density at radius 2 is 2.28 bits per heavy atom. The zero-order valence-corrected chi connectivity index (χ0v) is 12.7. The summed E-state index contributed by atoms with van der Waals surface area (Å²) in [5.74, 6) is 0.333. The molecule has 1 aromatic carbocycles. The molecule has 100 valence electrons. The van der Waals surface area contributed by atoms with Crippen molar-refractivity contribution in [1.29, 1.82) is 0 Å². The molecule has 4 heteroatoms. The molecule has 1 N–H and O–H groups in total. The van der Waals surface area contributed by atoms with Crippen molar-refractivity contribution in [3.05, 3.63) is 28.2 Å². The number of nitrogens with zero attached hydrogens (tertiary/aromatic N) is 2. The average molecular weight is 313 g/mol. The molecule has 0 aliphatic carbocycles. The van der Waals surface area contributed by atoms with Gasteiger partial charge in [0.15, 0.2) is 0 Å². The van der Waals surface area contributed by atoms with E-state index in [1.165, 1.54) is 19.4 Å². The summed E-state index contributed by atoms with van der Waals surface area (Å²) in [6, 6.07) is 6.11. The predicted molar refractivity (Wildman–Crippen MR) is 77.8 cm³/mol. The summed E-state index contributed by atoms with van der Waals surface area (Å²) in [4.78, 5) is 4.76. The number of aromatic hydroxyl groups is 1. The van der Waals surface area contributed by atoms with E-state index in [1.54, 1.807) is 6.07 Å². The Kier molecular flexibility index (Phi) is 4.65. The van der Waals surface area contributed by atoms with Crippen molar-refractivity contribution >= 4 is 15.9 Å². The number of halogens is 1. The molecule has 0 saturated carbocycles. The van der Waals surface area contributed by atoms with Crippen molar-refractivity contribution in [3.8, 4) is 5.75 Å². The van der Waals surface area contributed by atoms with E-state index >= 15 is 0 Å². The van der Waals surface area contributed by atoms with Crippen LogP contribution in [0.3, 0.4) is 0 Å². The molecule has 3 nitrogen and oxygen atoms in total. The molecule has 0 bridgehead atoms. The van der Waals surface area contributed by atoms with Crippen molar-refractivity contribution in [2.75, 3.05) is 27.2 Å². The normalized spacial score (nSPS) is 20.8. The molecule has 1 heterocycles. The average Bonchev–Trinajstić information content (AvgIpc) is 2.70. The molecule has 18 heavy (non-hydrogen) atoms. The largest absolute Gasteiger partial charge is 0.508 e. The van der Waals surface area contributed by atoms with Crippen LogP contribution in [-0.2, 0) is 6.54 Å². The second kappa shape index (κ2) is 6.04. The van der Waals surface area contributed by atoms with Crippen molar-refractivity contribution in [3.63, 3.8) is 0 Å². The van der Waals surface area contributed by atoms with E-state index < -0.39 is 0 Å². The highest BCUT2D eigenvalue weighted by molar-refractivity contribution is 9.10. The number of phenolic OH excluding ortho intramolecular Hbond substituents is 1. The zero-order chi connectivity index (χ0) is 13.1. The molecule has 1 aromatic rings. The van der Waals surface area contributed by atoms with Crippen LogP contribution in [0.25, 0.3) is 0 Å². The zero-order valence-electron chi connectivity index (χ0n) is 11.1. The van der Waals surface area contributed by atoms with Crippen LogP contribution in [0.15, 0.2) is 22.7 Å². The lowest BCUT2D eigenvalue weighted by atomic mass is 10.1. The molecule has 1 aliphatic heterocycles. The van der Waals surface area contributed by atoms with Crippen LogP contribution in [-0.4, -0.2) is 48.1 Å². The summed E-state index contributed by atoms with van der Waals surface area (Å²) in [6.45, 7) is 3.16. The van der Waals surface area contributed by atoms with Gasteiger partial charge in [0.1, 0.15) is 5.75 Å². The van der Waals surface area contributed by atoms with Crippen molar-refractivity contribution < 1.29 is 5.11 Å². The molecule has 2 rings (SSSR count). The maximum absolute atomic E-state index is 9.53. The topological polar surface area (TPSA) is 26.7 Å². The lowest BCUT2D eigenvalue weighted by Crippen LogP contribution is -2.36. The van der Waals surface area contributed by atoms with Crippen LogP contribution in [0.2, 0.25) is 0 Å². The minimum Gasteiger partial charge on any atom is -0.508 e. The van der Waals surface area contributed by atoms with Crippen LogP contribution in [0.4, 0.5) is 0 Å². The third kappa shape index (κ3) is 3.46. The number of phenols is 1. The van der Waals surface area contributed by atoms with Crippen molar-refractivity contribution in [1.82, 2.24) is 9.80 Å². The Morgan fingerprint density at radius 3 is 2.94 bits per heavy atom. The van der Waals surface area contributed by atoms with E-state index in [9.17, 15) is 5.11 Å². The third-order valence-corrected chi connectivity index (χ3v) is 4.44. The smallest absolute Gasteiger partial charge is 0.115 e. The number of hydrogen-bond donors (Lipinski definition) is 1. The first-order valence-electron chi connectivity index (χ1n) is 6.42. The van der Waals surface area contributed by atoms with Gasteiger partial charge in [0.25, 0.3) is 0 Å². The van der Waals surface area contributed by atoms with Crippen LogP contribution < -0.4 is 0 Å². The molecule has 1 fully saturated rings. The van der Waals surface area contributed by atoms with Crippen LogP contribution in [0.1, 0.15) is 18.4 Å². The summed E-state index contributed by atoms with van der Waals surface area (Å²) in [7, 11) is 4.35. The second-order valence-corrected chi connectivity index (χ2v) is 6.10. The van der Waals surface area contributed by atoms with Crippen molar-refractivity contribution in [2.24, 2.45) is 0 Å². The lowest BCUT2D eigenvalue weighted by molar-refractivity contribution is 0.215. The Morgan fingerprint density at radius 1 is 1.50 bits per heavy atom. The van der Waals surface area contributed by atoms with Gasteiger partial charge in [0, 0.05) is 23.6 Å². The van der Waals surface area contributed by atoms with Gasteiger partial charge in [-0.1, -0.05) is 15.9 Å². The number of hydrogen-bond acceptors (Lipinski definition) is 3. The quantitative estimate of drug-likeness (QED) is 0.926. The summed E-state index contributed by atoms with van der Waals surface area (Å²) in [5.41, 5.74) is 1.14. The fourth-order valence-electron chi connectivity index (χ4n) is 2.61. The van der Waals surface area contributed by atoms with E-state index in [-0.39, 0.29) is 0 Å². The molecule has 1 aliphatic rings. The van der Waals surface area contributed by atoms with Gasteiger partial charge < -0.3 is 14.9 Å². The fraction of sp³-hybridized carbons (Fsp3) is 0.571. The number of rotatable bonds is 4. The first-order valence-corrected chi connectivity index (χ1v) is 7.21. The predicted octanol–water partition coefficient (Wildman–Crippen LogP) is 2.68. The van der Waals surface area contributed by atoms with E-state index in [2.05, 4.69) is 39.8 Å². The molecule has 1 unspecified atom stereocenters. The van der Waals surface area contributed by atoms with E-state index in [4.69, 9.17) is 0 Å². The van der Waals surface area contributed by atoms with Gasteiger partial charge in [-0.05, 0) is 57.2 Å². The Balaban J connectivity index is 1.94. The minimum absolute atomic E-state index is 0.333. The van der Waals surface area contributed by atoms with E-state index in [1.807, 2.05) is 12.1 Å². The van der Waals surface area contributed by atoms with Crippen LogP contribution in [0, 0.1) is 0 Å². The van der Waals surface area contributed by atoms with Gasteiger partial charge in [-0.25, -0.2) is 0 Å². The Bertz CT molecular complexity index is 411. The highest BCUT2D eigenvalue weighted by Gasteiger charge is 2.22. The number of likely N-dealkylation sites (tertiary alicyclic amines) is 1. The standard InChI is InChI=1S/C14H21BrN2O/c1-16(10-12-4-3-7-17(12)2)9-11-8-13(18)5-6-14(11)15/h5-6,8,12,18H,3-4,7,9-10H2,1-2H3. The third-order valence-electron chi connectivity index (χ3n) is 3.66. The Labute approximate surface area is 118 Å². The fourth-order valence-corrected chi connectivity index (χ4v) is 2.98. The van der Waals surface area contributed by atoms with E-state index in [0.717, 1.165) is 23.1 Å². The molecule has 0 radical (unpaired) electrons. The summed E-state index contributed by atoms with van der Waals surface area (Å²) < 4.78 is 1.06.